The van der Waals surface area contributed by atoms with Gasteiger partial charge in [0.1, 0.15) is 0 Å². The van der Waals surface area contributed by atoms with Gasteiger partial charge in [-0.15, -0.1) is 11.3 Å². The van der Waals surface area contributed by atoms with Crippen LogP contribution < -0.4 is 5.32 Å². The lowest BCUT2D eigenvalue weighted by Gasteiger charge is -2.10. The second kappa shape index (κ2) is 6.84. The molecular weight excluding hydrogens is 294 g/mol. The number of rotatable bonds is 6. The molecule has 1 N–H and O–H groups in total. The van der Waals surface area contributed by atoms with Crippen molar-refractivity contribution < 1.29 is 4.79 Å². The zero-order chi connectivity index (χ0) is 15.5. The van der Waals surface area contributed by atoms with Crippen molar-refractivity contribution in [3.05, 3.63) is 23.3 Å². The zero-order valence-corrected chi connectivity index (χ0v) is 14.3. The number of thiophene rings is 1. The Labute approximate surface area is 136 Å². The first-order valence-corrected chi connectivity index (χ1v) is 8.99. The number of nitrogens with one attached hydrogen (secondary N) is 1. The molecule has 0 radical (unpaired) electrons. The van der Waals surface area contributed by atoms with Crippen LogP contribution in [0.25, 0.3) is 10.1 Å². The lowest BCUT2D eigenvalue weighted by Crippen LogP contribution is -2.26. The summed E-state index contributed by atoms with van der Waals surface area (Å²) in [5.74, 6) is 0.0624. The molecule has 0 spiro atoms. The molecule has 0 saturated heterocycles. The average Bonchev–Trinajstić information content (AvgIpc) is 3.16. The number of fused-ring (bicyclic) bond motifs is 1. The summed E-state index contributed by atoms with van der Waals surface area (Å²) in [4.78, 5) is 15.1. The summed E-state index contributed by atoms with van der Waals surface area (Å²) in [7, 11) is 4.10. The van der Waals surface area contributed by atoms with Gasteiger partial charge in [0.25, 0.3) is 5.91 Å². The molecule has 1 aliphatic rings. The molecule has 2 aromatic rings. The highest BCUT2D eigenvalue weighted by Crippen LogP contribution is 2.34. The first-order chi connectivity index (χ1) is 10.6. The number of carbonyl (C=O) groups is 1. The third kappa shape index (κ3) is 3.52. The first-order valence-electron chi connectivity index (χ1n) is 8.17. The summed E-state index contributed by atoms with van der Waals surface area (Å²) in [6.45, 7) is 1.74. The summed E-state index contributed by atoms with van der Waals surface area (Å²) >= 11 is 1.61. The van der Waals surface area contributed by atoms with Crippen molar-refractivity contribution in [3.63, 3.8) is 0 Å². The van der Waals surface area contributed by atoms with Crippen molar-refractivity contribution in [2.24, 2.45) is 0 Å². The molecule has 0 bridgehead atoms. The summed E-state index contributed by atoms with van der Waals surface area (Å²) in [6.07, 6.45) is 10.7. The molecule has 2 heterocycles. The van der Waals surface area contributed by atoms with Crippen molar-refractivity contribution in [3.8, 4) is 0 Å². The highest BCUT2D eigenvalue weighted by Gasteiger charge is 2.18. The molecule has 5 heteroatoms. The lowest BCUT2D eigenvalue weighted by atomic mass is 10.2. The molecule has 0 unspecified atom stereocenters. The summed E-state index contributed by atoms with van der Waals surface area (Å²) in [5, 5.41) is 4.22. The van der Waals surface area contributed by atoms with Gasteiger partial charge in [-0.05, 0) is 46.0 Å². The van der Waals surface area contributed by atoms with E-state index < -0.39 is 0 Å². The van der Waals surface area contributed by atoms with Gasteiger partial charge in [-0.2, -0.15) is 0 Å². The summed E-state index contributed by atoms with van der Waals surface area (Å²) in [5.41, 5.74) is 0. The maximum absolute atomic E-state index is 12.2. The van der Waals surface area contributed by atoms with Gasteiger partial charge in [-0.1, -0.05) is 12.8 Å². The fourth-order valence-corrected chi connectivity index (χ4v) is 4.16. The number of nitrogens with zero attached hydrogens (tertiary/aromatic N) is 2. The van der Waals surface area contributed by atoms with Gasteiger partial charge in [0.05, 0.1) is 9.58 Å². The van der Waals surface area contributed by atoms with E-state index in [-0.39, 0.29) is 5.91 Å². The first kappa shape index (κ1) is 15.6. The van der Waals surface area contributed by atoms with Crippen LogP contribution in [0.2, 0.25) is 0 Å². The molecule has 1 aliphatic carbocycles. The Morgan fingerprint density at radius 1 is 1.36 bits per heavy atom. The lowest BCUT2D eigenvalue weighted by molar-refractivity contribution is 0.0956. The van der Waals surface area contributed by atoms with Gasteiger partial charge >= 0.3 is 0 Å². The average molecular weight is 319 g/mol. The van der Waals surface area contributed by atoms with Crippen LogP contribution >= 0.6 is 11.3 Å². The highest BCUT2D eigenvalue weighted by molar-refractivity contribution is 7.20. The van der Waals surface area contributed by atoms with Gasteiger partial charge < -0.3 is 14.8 Å². The molecular formula is C17H25N3OS. The van der Waals surface area contributed by atoms with Crippen LogP contribution in [0.3, 0.4) is 0 Å². The van der Waals surface area contributed by atoms with Crippen LogP contribution in [0.5, 0.6) is 0 Å². The predicted molar refractivity (Wildman–Crippen MR) is 92.8 cm³/mol. The van der Waals surface area contributed by atoms with Crippen molar-refractivity contribution >= 4 is 27.3 Å². The Morgan fingerprint density at radius 2 is 2.14 bits per heavy atom. The maximum Gasteiger partial charge on any atom is 0.261 e. The van der Waals surface area contributed by atoms with Gasteiger partial charge in [0.15, 0.2) is 0 Å². The fourth-order valence-electron chi connectivity index (χ4n) is 3.16. The van der Waals surface area contributed by atoms with Crippen LogP contribution in [-0.2, 0) is 0 Å². The van der Waals surface area contributed by atoms with E-state index in [0.717, 1.165) is 24.4 Å². The molecule has 0 atom stereocenters. The van der Waals surface area contributed by atoms with E-state index in [2.05, 4.69) is 27.2 Å². The van der Waals surface area contributed by atoms with Gasteiger partial charge in [0, 0.05) is 30.4 Å². The van der Waals surface area contributed by atoms with Crippen LogP contribution in [0.1, 0.15) is 47.8 Å². The number of aromatic nitrogens is 1. The molecule has 3 rings (SSSR count). The minimum absolute atomic E-state index is 0.0624. The van der Waals surface area contributed by atoms with Crippen LogP contribution in [0.15, 0.2) is 18.5 Å². The Kier molecular flexibility index (Phi) is 4.84. The predicted octanol–water partition coefficient (Wildman–Crippen LogP) is 3.50. The molecule has 1 saturated carbocycles. The second-order valence-corrected chi connectivity index (χ2v) is 7.57. The standard InChI is InChI=1S/C17H25N3OS/c1-19(2)9-5-8-18-17(21)15-10-13-11-20(12-16(13)22-15)14-6-3-4-7-14/h10-12,14H,3-9H2,1-2H3,(H,18,21). The molecule has 0 aromatic carbocycles. The van der Waals surface area contributed by atoms with Crippen LogP contribution in [0.4, 0.5) is 0 Å². The number of hydrogen-bond donors (Lipinski definition) is 1. The normalized spacial score (nSPS) is 16.0. The smallest absolute Gasteiger partial charge is 0.261 e. The quantitative estimate of drug-likeness (QED) is 0.828. The molecule has 2 aromatic heterocycles. The second-order valence-electron chi connectivity index (χ2n) is 6.49. The Bertz CT molecular complexity index is 606. The Morgan fingerprint density at radius 3 is 2.82 bits per heavy atom. The largest absolute Gasteiger partial charge is 0.351 e. The third-order valence-electron chi connectivity index (χ3n) is 4.38. The minimum Gasteiger partial charge on any atom is -0.351 e. The summed E-state index contributed by atoms with van der Waals surface area (Å²) in [6, 6.07) is 2.70. The van der Waals surface area contributed by atoms with E-state index in [9.17, 15) is 4.79 Å². The van der Waals surface area contributed by atoms with E-state index in [1.54, 1.807) is 11.3 Å². The molecule has 22 heavy (non-hydrogen) atoms. The summed E-state index contributed by atoms with van der Waals surface area (Å²) < 4.78 is 3.58. The van der Waals surface area contributed by atoms with Gasteiger partial charge in [0.2, 0.25) is 0 Å². The van der Waals surface area contributed by atoms with E-state index in [1.165, 1.54) is 35.8 Å². The van der Waals surface area contributed by atoms with Gasteiger partial charge in [-0.3, -0.25) is 4.79 Å². The van der Waals surface area contributed by atoms with Crippen molar-refractivity contribution in [2.45, 2.75) is 38.1 Å². The fraction of sp³-hybridized carbons (Fsp3) is 0.588. The van der Waals surface area contributed by atoms with Crippen LogP contribution in [-0.4, -0.2) is 42.6 Å². The van der Waals surface area contributed by atoms with E-state index in [0.29, 0.717) is 6.04 Å². The Hall–Kier alpha value is -1.33. The molecule has 4 nitrogen and oxygen atoms in total. The minimum atomic E-state index is 0.0624. The number of carbonyl (C=O) groups excluding carboxylic acids is 1. The maximum atomic E-state index is 12.2. The SMILES string of the molecule is CN(C)CCCNC(=O)c1cc2cn(C3CCCC3)cc2s1. The van der Waals surface area contributed by atoms with E-state index in [4.69, 9.17) is 0 Å². The van der Waals surface area contributed by atoms with E-state index in [1.807, 2.05) is 20.2 Å². The highest BCUT2D eigenvalue weighted by atomic mass is 32.1. The molecule has 0 aliphatic heterocycles. The number of amides is 1. The third-order valence-corrected chi connectivity index (χ3v) is 5.47. The topological polar surface area (TPSA) is 37.3 Å². The van der Waals surface area contributed by atoms with Crippen molar-refractivity contribution in [2.75, 3.05) is 27.2 Å². The number of hydrogen-bond acceptors (Lipinski definition) is 3. The van der Waals surface area contributed by atoms with E-state index >= 15 is 0 Å². The van der Waals surface area contributed by atoms with Crippen molar-refractivity contribution in [1.29, 1.82) is 0 Å². The monoisotopic (exact) mass is 319 g/mol. The zero-order valence-electron chi connectivity index (χ0n) is 13.5. The van der Waals surface area contributed by atoms with Gasteiger partial charge in [-0.25, -0.2) is 0 Å². The molecule has 120 valence electrons. The molecule has 1 amide bonds. The molecule has 1 fully saturated rings. The van der Waals surface area contributed by atoms with Crippen LogP contribution in [0, 0.1) is 0 Å². The Balaban J connectivity index is 1.60. The van der Waals surface area contributed by atoms with Crippen molar-refractivity contribution in [1.82, 2.24) is 14.8 Å².